The number of aromatic nitrogens is 2. The molecule has 32 heavy (non-hydrogen) atoms. The Labute approximate surface area is 188 Å². The molecule has 8 heteroatoms. The highest BCUT2D eigenvalue weighted by Crippen LogP contribution is 2.34. The molecular weight excluding hydrogens is 412 g/mol. The molecule has 6 nitrogen and oxygen atoms in total. The summed E-state index contributed by atoms with van der Waals surface area (Å²) in [4.78, 5) is 26.5. The fourth-order valence-electron chi connectivity index (χ4n) is 4.69. The summed E-state index contributed by atoms with van der Waals surface area (Å²) in [5.74, 6) is -0.694. The number of nitrogens with one attached hydrogen (secondary N) is 1. The third-order valence-electron chi connectivity index (χ3n) is 6.25. The summed E-state index contributed by atoms with van der Waals surface area (Å²) in [5, 5.41) is 3.01. The van der Waals surface area contributed by atoms with E-state index in [9.17, 15) is 13.6 Å². The van der Waals surface area contributed by atoms with Crippen LogP contribution in [-0.4, -0.2) is 53.0 Å². The molecule has 2 saturated heterocycles. The number of benzene rings is 1. The Bertz CT molecular complexity index is 948. The van der Waals surface area contributed by atoms with Crippen LogP contribution in [0.25, 0.3) is 0 Å². The van der Waals surface area contributed by atoms with E-state index >= 15 is 0 Å². The van der Waals surface area contributed by atoms with E-state index in [1.54, 1.807) is 6.20 Å². The van der Waals surface area contributed by atoms with E-state index in [2.05, 4.69) is 15.2 Å². The van der Waals surface area contributed by atoms with Gasteiger partial charge in [0, 0.05) is 56.4 Å². The Morgan fingerprint density at radius 1 is 1.16 bits per heavy atom. The predicted octanol–water partition coefficient (Wildman–Crippen LogP) is 3.49. The van der Waals surface area contributed by atoms with Crippen molar-refractivity contribution in [2.45, 2.75) is 51.6 Å². The number of rotatable bonds is 6. The zero-order valence-corrected chi connectivity index (χ0v) is 18.7. The molecule has 2 aliphatic rings. The second-order valence-electron chi connectivity index (χ2n) is 9.14. The largest absolute Gasteiger partial charge is 0.354 e. The molecule has 1 amide bonds. The molecule has 0 radical (unpaired) electrons. The third kappa shape index (κ3) is 5.23. The number of hydrogen-bond donors (Lipinski definition) is 1. The summed E-state index contributed by atoms with van der Waals surface area (Å²) >= 11 is 0. The normalized spacial score (nSPS) is 21.8. The van der Waals surface area contributed by atoms with Crippen molar-refractivity contribution < 1.29 is 13.6 Å². The van der Waals surface area contributed by atoms with Crippen LogP contribution in [0.5, 0.6) is 0 Å². The van der Waals surface area contributed by atoms with Crippen molar-refractivity contribution in [1.29, 1.82) is 0 Å². The molecule has 1 aromatic carbocycles. The highest BCUT2D eigenvalue weighted by molar-refractivity contribution is 5.80. The summed E-state index contributed by atoms with van der Waals surface area (Å²) in [6.07, 6.45) is 5.24. The highest BCUT2D eigenvalue weighted by Gasteiger charge is 2.40. The summed E-state index contributed by atoms with van der Waals surface area (Å²) in [7, 11) is 0. The van der Waals surface area contributed by atoms with E-state index in [1.807, 2.05) is 24.8 Å². The maximum Gasteiger partial charge on any atom is 0.225 e. The minimum Gasteiger partial charge on any atom is -0.354 e. The lowest BCUT2D eigenvalue weighted by atomic mass is 9.91. The van der Waals surface area contributed by atoms with Gasteiger partial charge in [0.15, 0.2) is 0 Å². The van der Waals surface area contributed by atoms with Gasteiger partial charge in [-0.2, -0.15) is 0 Å². The predicted molar refractivity (Wildman–Crippen MR) is 119 cm³/mol. The zero-order valence-electron chi connectivity index (χ0n) is 18.7. The van der Waals surface area contributed by atoms with E-state index in [0.717, 1.165) is 43.8 Å². The highest BCUT2D eigenvalue weighted by atomic mass is 19.1. The molecule has 172 valence electrons. The summed E-state index contributed by atoms with van der Waals surface area (Å²) in [6, 6.07) is 5.39. The van der Waals surface area contributed by atoms with E-state index in [-0.39, 0.29) is 30.3 Å². The van der Waals surface area contributed by atoms with Gasteiger partial charge in [-0.1, -0.05) is 0 Å². The van der Waals surface area contributed by atoms with E-state index in [0.29, 0.717) is 24.6 Å². The van der Waals surface area contributed by atoms with Crippen LogP contribution in [0, 0.1) is 17.6 Å². The Morgan fingerprint density at radius 3 is 2.69 bits per heavy atom. The first-order chi connectivity index (χ1) is 15.4. The van der Waals surface area contributed by atoms with Gasteiger partial charge < -0.3 is 10.2 Å². The van der Waals surface area contributed by atoms with Crippen molar-refractivity contribution in [3.63, 3.8) is 0 Å². The molecule has 2 aromatic rings. The van der Waals surface area contributed by atoms with Crippen molar-refractivity contribution in [3.05, 3.63) is 53.4 Å². The van der Waals surface area contributed by atoms with Gasteiger partial charge in [0.1, 0.15) is 11.6 Å². The number of hydrogen-bond acceptors (Lipinski definition) is 5. The van der Waals surface area contributed by atoms with E-state index in [1.165, 1.54) is 12.5 Å². The lowest BCUT2D eigenvalue weighted by Gasteiger charge is -2.27. The second-order valence-corrected chi connectivity index (χ2v) is 9.14. The fraction of sp³-hybridized carbons (Fsp3) is 0.542. The number of nitrogens with zero attached hydrogens (tertiary/aromatic N) is 4. The first-order valence-corrected chi connectivity index (χ1v) is 11.5. The van der Waals surface area contributed by atoms with Crippen LogP contribution in [0.3, 0.4) is 0 Å². The Morgan fingerprint density at radius 2 is 1.94 bits per heavy atom. The van der Waals surface area contributed by atoms with Crippen molar-refractivity contribution in [2.75, 3.05) is 31.1 Å². The molecule has 0 spiro atoms. The first-order valence-electron chi connectivity index (χ1n) is 11.5. The van der Waals surface area contributed by atoms with Crippen molar-refractivity contribution in [3.8, 4) is 0 Å². The molecule has 0 saturated carbocycles. The Hall–Kier alpha value is -2.61. The smallest absolute Gasteiger partial charge is 0.225 e. The third-order valence-corrected chi connectivity index (χ3v) is 6.25. The average Bonchev–Trinajstić information content (AvgIpc) is 3.21. The number of carbonyl (C=O) groups excluding carboxylic acids is 1. The van der Waals surface area contributed by atoms with Crippen LogP contribution in [0.15, 0.2) is 30.5 Å². The molecule has 2 fully saturated rings. The number of anilines is 1. The van der Waals surface area contributed by atoms with Crippen LogP contribution < -0.4 is 10.2 Å². The molecule has 2 aliphatic heterocycles. The molecule has 3 heterocycles. The maximum absolute atomic E-state index is 14.2. The number of likely N-dealkylation sites (tertiary alicyclic amines) is 1. The molecular formula is C24H31F2N5O. The maximum atomic E-state index is 14.2. The number of halogens is 2. The van der Waals surface area contributed by atoms with E-state index < -0.39 is 11.6 Å². The molecule has 4 rings (SSSR count). The van der Waals surface area contributed by atoms with Gasteiger partial charge in [0.05, 0.1) is 11.6 Å². The minimum atomic E-state index is -0.465. The standard InChI is InChI=1S/C24H31F2N5O/c1-16(2)28-23(32)20-15-30(13-17-12-18(25)6-7-21(17)26)14-19(20)22-8-9-27-24(29-22)31-10-4-3-5-11-31/h6-9,12,16,19-20H,3-5,10-11,13-15H2,1-2H3,(H,28,32)/t19-,20-/m1/s1. The first kappa shape index (κ1) is 22.6. The molecule has 2 atom stereocenters. The minimum absolute atomic E-state index is 0.0205. The van der Waals surface area contributed by atoms with Crippen molar-refractivity contribution in [2.24, 2.45) is 5.92 Å². The quantitative estimate of drug-likeness (QED) is 0.741. The summed E-state index contributed by atoms with van der Waals surface area (Å²) in [6.45, 7) is 6.99. The van der Waals surface area contributed by atoms with Crippen LogP contribution in [-0.2, 0) is 11.3 Å². The number of piperidine rings is 1. The summed E-state index contributed by atoms with van der Waals surface area (Å²) in [5.41, 5.74) is 1.12. The molecule has 1 N–H and O–H groups in total. The van der Waals surface area contributed by atoms with Crippen molar-refractivity contribution >= 4 is 11.9 Å². The topological polar surface area (TPSA) is 61.4 Å². The number of amides is 1. The van der Waals surface area contributed by atoms with Gasteiger partial charge in [-0.3, -0.25) is 9.69 Å². The van der Waals surface area contributed by atoms with Crippen LogP contribution in [0.1, 0.15) is 50.3 Å². The monoisotopic (exact) mass is 443 g/mol. The van der Waals surface area contributed by atoms with Crippen LogP contribution in [0.4, 0.5) is 14.7 Å². The van der Waals surface area contributed by atoms with Gasteiger partial charge >= 0.3 is 0 Å². The van der Waals surface area contributed by atoms with Gasteiger partial charge in [0.2, 0.25) is 11.9 Å². The van der Waals surface area contributed by atoms with Gasteiger partial charge in [0.25, 0.3) is 0 Å². The lowest BCUT2D eigenvalue weighted by Crippen LogP contribution is -2.38. The molecule has 1 aromatic heterocycles. The van der Waals surface area contributed by atoms with Crippen LogP contribution in [0.2, 0.25) is 0 Å². The van der Waals surface area contributed by atoms with Gasteiger partial charge in [-0.15, -0.1) is 0 Å². The van der Waals surface area contributed by atoms with Gasteiger partial charge in [-0.25, -0.2) is 18.7 Å². The van der Waals surface area contributed by atoms with Gasteiger partial charge in [-0.05, 0) is 57.4 Å². The van der Waals surface area contributed by atoms with Crippen LogP contribution >= 0.6 is 0 Å². The average molecular weight is 444 g/mol. The van der Waals surface area contributed by atoms with E-state index in [4.69, 9.17) is 4.98 Å². The molecule has 0 unspecified atom stereocenters. The Kier molecular flexibility index (Phi) is 6.98. The molecule has 0 bridgehead atoms. The SMILES string of the molecule is CC(C)NC(=O)[C@@H]1CN(Cc2cc(F)ccc2F)C[C@H]1c1ccnc(N2CCCCC2)n1. The molecule has 0 aliphatic carbocycles. The summed E-state index contributed by atoms with van der Waals surface area (Å²) < 4.78 is 27.9. The lowest BCUT2D eigenvalue weighted by molar-refractivity contribution is -0.125. The van der Waals surface area contributed by atoms with Crippen molar-refractivity contribution in [1.82, 2.24) is 20.2 Å². The Balaban J connectivity index is 1.58. The second kappa shape index (κ2) is 9.90. The zero-order chi connectivity index (χ0) is 22.7. The fourth-order valence-corrected chi connectivity index (χ4v) is 4.69. The number of carbonyl (C=O) groups is 1.